The molecule has 2 rings (SSSR count). The van der Waals surface area contributed by atoms with Crippen molar-refractivity contribution in [3.8, 4) is 0 Å². The van der Waals surface area contributed by atoms with Crippen LogP contribution in [0.25, 0.3) is 0 Å². The number of carbonyl (C=O) groups excluding carboxylic acids is 2. The SMILES string of the molecule is CCCCNC(=O)C1[C@H](O)[C@@H](O)CN1C(=O)c1cccnc1. The summed E-state index contributed by atoms with van der Waals surface area (Å²) in [4.78, 5) is 29.8. The summed E-state index contributed by atoms with van der Waals surface area (Å²) in [5, 5.41) is 22.5. The molecule has 7 heteroatoms. The summed E-state index contributed by atoms with van der Waals surface area (Å²) in [5.41, 5.74) is 0.315. The van der Waals surface area contributed by atoms with Crippen molar-refractivity contribution in [1.82, 2.24) is 15.2 Å². The fourth-order valence-electron chi connectivity index (χ4n) is 2.47. The van der Waals surface area contributed by atoms with Crippen LogP contribution >= 0.6 is 0 Å². The fourth-order valence-corrected chi connectivity index (χ4v) is 2.47. The van der Waals surface area contributed by atoms with Crippen LogP contribution in [0.5, 0.6) is 0 Å². The Labute approximate surface area is 129 Å². The van der Waals surface area contributed by atoms with Gasteiger partial charge in [-0.25, -0.2) is 0 Å². The minimum Gasteiger partial charge on any atom is -0.388 e. The number of hydrogen-bond acceptors (Lipinski definition) is 5. The number of carbonyl (C=O) groups is 2. The number of aliphatic hydroxyl groups is 2. The maximum Gasteiger partial charge on any atom is 0.256 e. The second-order valence-corrected chi connectivity index (χ2v) is 5.35. The van der Waals surface area contributed by atoms with Gasteiger partial charge in [-0.2, -0.15) is 0 Å². The van der Waals surface area contributed by atoms with Gasteiger partial charge in [0.15, 0.2) is 0 Å². The Bertz CT molecular complexity index is 523. The van der Waals surface area contributed by atoms with Gasteiger partial charge in [0.1, 0.15) is 18.2 Å². The molecule has 3 N–H and O–H groups in total. The number of nitrogens with one attached hydrogen (secondary N) is 1. The summed E-state index contributed by atoms with van der Waals surface area (Å²) in [5.74, 6) is -0.880. The maximum atomic E-state index is 12.5. The van der Waals surface area contributed by atoms with E-state index in [1.165, 1.54) is 11.1 Å². The van der Waals surface area contributed by atoms with Crippen molar-refractivity contribution in [1.29, 1.82) is 0 Å². The predicted octanol–water partition coefficient (Wildman–Crippen LogP) is -0.456. The van der Waals surface area contributed by atoms with Gasteiger partial charge in [-0.3, -0.25) is 14.6 Å². The van der Waals surface area contributed by atoms with E-state index in [1.54, 1.807) is 18.3 Å². The molecule has 0 radical (unpaired) electrons. The summed E-state index contributed by atoms with van der Waals surface area (Å²) < 4.78 is 0. The number of pyridine rings is 1. The Balaban J connectivity index is 2.14. The van der Waals surface area contributed by atoms with Crippen LogP contribution in [-0.4, -0.2) is 63.3 Å². The lowest BCUT2D eigenvalue weighted by molar-refractivity contribution is -0.127. The van der Waals surface area contributed by atoms with E-state index in [1.807, 2.05) is 6.92 Å². The van der Waals surface area contributed by atoms with Gasteiger partial charge in [0.2, 0.25) is 5.91 Å². The molecule has 3 atom stereocenters. The van der Waals surface area contributed by atoms with Crippen LogP contribution in [-0.2, 0) is 4.79 Å². The molecule has 1 saturated heterocycles. The van der Waals surface area contributed by atoms with Crippen LogP contribution in [0.2, 0.25) is 0 Å². The number of unbranched alkanes of at least 4 members (excludes halogenated alkanes) is 1. The van der Waals surface area contributed by atoms with Crippen LogP contribution in [0.3, 0.4) is 0 Å². The van der Waals surface area contributed by atoms with E-state index < -0.39 is 30.1 Å². The number of β-amino-alcohol motifs (C(OH)–C–C–N with tert-alkyl or cyclic N) is 1. The molecule has 1 aliphatic rings. The van der Waals surface area contributed by atoms with E-state index in [0.717, 1.165) is 12.8 Å². The summed E-state index contributed by atoms with van der Waals surface area (Å²) in [6.07, 6.45) is 2.25. The molecule has 120 valence electrons. The third-order valence-corrected chi connectivity index (χ3v) is 3.70. The molecule has 0 aliphatic carbocycles. The molecule has 0 saturated carbocycles. The van der Waals surface area contributed by atoms with Crippen LogP contribution in [0.4, 0.5) is 0 Å². The lowest BCUT2D eigenvalue weighted by atomic mass is 10.1. The maximum absolute atomic E-state index is 12.5. The zero-order valence-corrected chi connectivity index (χ0v) is 12.5. The minimum absolute atomic E-state index is 0.0826. The van der Waals surface area contributed by atoms with Gasteiger partial charge in [0, 0.05) is 18.9 Å². The Morgan fingerprint density at radius 1 is 1.45 bits per heavy atom. The first-order valence-electron chi connectivity index (χ1n) is 7.41. The Kier molecular flexibility index (Phi) is 5.46. The first-order chi connectivity index (χ1) is 10.6. The average Bonchev–Trinajstić information content (AvgIpc) is 2.83. The van der Waals surface area contributed by atoms with E-state index in [2.05, 4.69) is 10.3 Å². The molecule has 2 amide bonds. The number of nitrogens with zero attached hydrogens (tertiary/aromatic N) is 2. The third kappa shape index (κ3) is 3.42. The number of rotatable bonds is 5. The molecule has 1 fully saturated rings. The highest BCUT2D eigenvalue weighted by atomic mass is 16.3. The molecule has 1 aromatic rings. The summed E-state index contributed by atoms with van der Waals surface area (Å²) >= 11 is 0. The number of likely N-dealkylation sites (tertiary alicyclic amines) is 1. The van der Waals surface area contributed by atoms with E-state index in [4.69, 9.17) is 0 Å². The Morgan fingerprint density at radius 2 is 2.23 bits per heavy atom. The van der Waals surface area contributed by atoms with Crippen molar-refractivity contribution >= 4 is 11.8 Å². The normalized spacial score (nSPS) is 24.3. The molecule has 7 nitrogen and oxygen atoms in total. The smallest absolute Gasteiger partial charge is 0.256 e. The van der Waals surface area contributed by atoms with Crippen LogP contribution in [0.15, 0.2) is 24.5 Å². The number of aromatic nitrogens is 1. The first-order valence-corrected chi connectivity index (χ1v) is 7.41. The van der Waals surface area contributed by atoms with Gasteiger partial charge in [-0.1, -0.05) is 13.3 Å². The van der Waals surface area contributed by atoms with Crippen LogP contribution < -0.4 is 5.32 Å². The summed E-state index contributed by atoms with van der Waals surface area (Å²) in [6, 6.07) is 2.12. The first kappa shape index (κ1) is 16.4. The number of aliphatic hydroxyl groups excluding tert-OH is 2. The standard InChI is InChI=1S/C15H21N3O4/c1-2-3-7-17-14(21)12-13(20)11(19)9-18(12)15(22)10-5-4-6-16-8-10/h4-6,8,11-13,19-20H,2-3,7,9H2,1H3,(H,17,21)/t11-,12?,13+/m0/s1. The summed E-state index contributed by atoms with van der Waals surface area (Å²) in [7, 11) is 0. The van der Waals surface area contributed by atoms with E-state index in [0.29, 0.717) is 12.1 Å². The van der Waals surface area contributed by atoms with Crippen molar-refractivity contribution in [2.45, 2.75) is 38.0 Å². The van der Waals surface area contributed by atoms with Crippen molar-refractivity contribution in [3.05, 3.63) is 30.1 Å². The molecule has 0 aromatic carbocycles. The van der Waals surface area contributed by atoms with Gasteiger partial charge >= 0.3 is 0 Å². The molecule has 2 heterocycles. The van der Waals surface area contributed by atoms with E-state index in [-0.39, 0.29) is 6.54 Å². The quantitative estimate of drug-likeness (QED) is 0.639. The lowest BCUT2D eigenvalue weighted by Gasteiger charge is -2.25. The van der Waals surface area contributed by atoms with Gasteiger partial charge in [0.05, 0.1) is 12.1 Å². The van der Waals surface area contributed by atoms with Gasteiger partial charge in [0.25, 0.3) is 5.91 Å². The van der Waals surface area contributed by atoms with E-state index in [9.17, 15) is 19.8 Å². The lowest BCUT2D eigenvalue weighted by Crippen LogP contribution is -2.50. The highest BCUT2D eigenvalue weighted by Crippen LogP contribution is 2.21. The molecule has 1 unspecified atom stereocenters. The molecule has 22 heavy (non-hydrogen) atoms. The molecular formula is C15H21N3O4. The fraction of sp³-hybridized carbons (Fsp3) is 0.533. The van der Waals surface area contributed by atoms with Crippen LogP contribution in [0, 0.1) is 0 Å². The van der Waals surface area contributed by atoms with Crippen molar-refractivity contribution in [3.63, 3.8) is 0 Å². The Morgan fingerprint density at radius 3 is 2.86 bits per heavy atom. The third-order valence-electron chi connectivity index (χ3n) is 3.70. The van der Waals surface area contributed by atoms with Crippen molar-refractivity contribution in [2.24, 2.45) is 0 Å². The molecular weight excluding hydrogens is 286 g/mol. The zero-order chi connectivity index (χ0) is 16.1. The second-order valence-electron chi connectivity index (χ2n) is 5.35. The molecule has 0 spiro atoms. The highest BCUT2D eigenvalue weighted by molar-refractivity contribution is 5.98. The molecule has 1 aliphatic heterocycles. The largest absolute Gasteiger partial charge is 0.388 e. The second kappa shape index (κ2) is 7.33. The summed E-state index contributed by atoms with van der Waals surface area (Å²) in [6.45, 7) is 2.39. The molecule has 0 bridgehead atoms. The zero-order valence-electron chi connectivity index (χ0n) is 12.5. The molecule has 1 aromatic heterocycles. The monoisotopic (exact) mass is 307 g/mol. The Hall–Kier alpha value is -1.99. The topological polar surface area (TPSA) is 103 Å². The van der Waals surface area contributed by atoms with Crippen molar-refractivity contribution in [2.75, 3.05) is 13.1 Å². The van der Waals surface area contributed by atoms with Gasteiger partial charge in [-0.15, -0.1) is 0 Å². The highest BCUT2D eigenvalue weighted by Gasteiger charge is 2.46. The van der Waals surface area contributed by atoms with E-state index >= 15 is 0 Å². The van der Waals surface area contributed by atoms with Gasteiger partial charge < -0.3 is 20.4 Å². The number of hydrogen-bond donors (Lipinski definition) is 3. The predicted molar refractivity (Wildman–Crippen MR) is 79.0 cm³/mol. The van der Waals surface area contributed by atoms with Gasteiger partial charge in [-0.05, 0) is 18.6 Å². The van der Waals surface area contributed by atoms with Crippen LogP contribution in [0.1, 0.15) is 30.1 Å². The number of amides is 2. The van der Waals surface area contributed by atoms with Crippen molar-refractivity contribution < 1.29 is 19.8 Å². The minimum atomic E-state index is -1.29. The average molecular weight is 307 g/mol.